The molecule has 0 bridgehead atoms. The Kier molecular flexibility index (Phi) is 6.95. The Labute approximate surface area is 173 Å². The molecule has 1 aliphatic rings. The summed E-state index contributed by atoms with van der Waals surface area (Å²) in [4.78, 5) is 29.9. The summed E-state index contributed by atoms with van der Waals surface area (Å²) in [5, 5.41) is 6.32. The summed E-state index contributed by atoms with van der Waals surface area (Å²) in [5.74, 6) is 0.323. The van der Waals surface area contributed by atoms with Crippen LogP contribution in [0.3, 0.4) is 0 Å². The van der Waals surface area contributed by atoms with E-state index in [4.69, 9.17) is 27.9 Å². The zero-order chi connectivity index (χ0) is 19.9. The van der Waals surface area contributed by atoms with Gasteiger partial charge in [-0.15, -0.1) is 0 Å². The summed E-state index contributed by atoms with van der Waals surface area (Å²) < 4.78 is 5.74. The number of aromatic nitrogens is 1. The van der Waals surface area contributed by atoms with Gasteiger partial charge in [-0.3, -0.25) is 9.59 Å². The van der Waals surface area contributed by atoms with E-state index in [1.165, 1.54) is 12.3 Å². The lowest BCUT2D eigenvalue weighted by atomic mass is 10.3. The number of amides is 2. The minimum atomic E-state index is -0.287. The highest BCUT2D eigenvalue weighted by atomic mass is 35.5. The van der Waals surface area contributed by atoms with Gasteiger partial charge in [0.1, 0.15) is 5.02 Å². The van der Waals surface area contributed by atoms with Crippen molar-refractivity contribution in [3.05, 3.63) is 46.6 Å². The molecular weight excluding hydrogens is 403 g/mol. The van der Waals surface area contributed by atoms with Crippen LogP contribution >= 0.6 is 23.2 Å². The molecule has 0 saturated carbocycles. The van der Waals surface area contributed by atoms with Crippen molar-refractivity contribution in [2.24, 2.45) is 0 Å². The number of nitrogens with one attached hydrogen (secondary N) is 2. The normalized spacial score (nSPS) is 13.3. The summed E-state index contributed by atoms with van der Waals surface area (Å²) >= 11 is 11.9. The molecule has 1 fully saturated rings. The number of carbonyl (C=O) groups is 2. The second kappa shape index (κ2) is 9.61. The van der Waals surface area contributed by atoms with E-state index in [1.807, 2.05) is 0 Å². The maximum absolute atomic E-state index is 12.1. The van der Waals surface area contributed by atoms with Gasteiger partial charge in [0.15, 0.2) is 5.75 Å². The first kappa shape index (κ1) is 20.2. The highest BCUT2D eigenvalue weighted by molar-refractivity contribution is 6.35. The van der Waals surface area contributed by atoms with Gasteiger partial charge >= 0.3 is 0 Å². The third kappa shape index (κ3) is 5.50. The third-order valence-electron chi connectivity index (χ3n) is 4.20. The van der Waals surface area contributed by atoms with Gasteiger partial charge in [-0.25, -0.2) is 4.98 Å². The number of para-hydroxylation sites is 2. The molecule has 28 heavy (non-hydrogen) atoms. The van der Waals surface area contributed by atoms with E-state index in [1.54, 1.807) is 29.2 Å². The summed E-state index contributed by atoms with van der Waals surface area (Å²) in [7, 11) is 0. The van der Waals surface area contributed by atoms with Crippen molar-refractivity contribution in [3.8, 4) is 11.6 Å². The number of likely N-dealkylation sites (tertiary alicyclic amines) is 1. The van der Waals surface area contributed by atoms with Crippen LogP contribution in [-0.4, -0.2) is 47.9 Å². The smallest absolute Gasteiger partial charge is 0.241 e. The van der Waals surface area contributed by atoms with Crippen LogP contribution < -0.4 is 15.4 Å². The monoisotopic (exact) mass is 422 g/mol. The SMILES string of the molecule is O=C(CNc1ccccc1Oc1ncc(Cl)cc1Cl)NCC(=O)N1CCCC1. The van der Waals surface area contributed by atoms with E-state index in [9.17, 15) is 9.59 Å². The Hall–Kier alpha value is -2.51. The van der Waals surface area contributed by atoms with Gasteiger partial charge in [-0.1, -0.05) is 35.3 Å². The van der Waals surface area contributed by atoms with Gasteiger partial charge in [0.25, 0.3) is 0 Å². The third-order valence-corrected chi connectivity index (χ3v) is 4.68. The lowest BCUT2D eigenvalue weighted by Gasteiger charge is -2.16. The largest absolute Gasteiger partial charge is 0.435 e. The predicted molar refractivity (Wildman–Crippen MR) is 108 cm³/mol. The van der Waals surface area contributed by atoms with Crippen LogP contribution in [-0.2, 0) is 9.59 Å². The van der Waals surface area contributed by atoms with Crippen LogP contribution in [0.15, 0.2) is 36.5 Å². The van der Waals surface area contributed by atoms with Crippen LogP contribution in [0, 0.1) is 0 Å². The number of rotatable bonds is 7. The molecule has 7 nitrogen and oxygen atoms in total. The molecule has 1 aliphatic heterocycles. The molecule has 2 amide bonds. The van der Waals surface area contributed by atoms with Gasteiger partial charge < -0.3 is 20.3 Å². The molecule has 0 unspecified atom stereocenters. The number of hydrogen-bond donors (Lipinski definition) is 2. The number of carbonyl (C=O) groups excluding carboxylic acids is 2. The molecule has 0 radical (unpaired) electrons. The van der Waals surface area contributed by atoms with Crippen LogP contribution in [0.2, 0.25) is 10.0 Å². The number of hydrogen-bond acceptors (Lipinski definition) is 5. The average Bonchev–Trinajstić information content (AvgIpc) is 3.22. The van der Waals surface area contributed by atoms with E-state index < -0.39 is 0 Å². The lowest BCUT2D eigenvalue weighted by Crippen LogP contribution is -2.40. The summed E-state index contributed by atoms with van der Waals surface area (Å²) in [6.45, 7) is 1.52. The summed E-state index contributed by atoms with van der Waals surface area (Å²) in [5.41, 5.74) is 0.594. The van der Waals surface area contributed by atoms with Gasteiger partial charge in [0, 0.05) is 19.3 Å². The molecule has 9 heteroatoms. The second-order valence-corrected chi connectivity index (χ2v) is 7.10. The Morgan fingerprint density at radius 2 is 1.89 bits per heavy atom. The number of pyridine rings is 1. The number of ether oxygens (including phenoxy) is 1. The first-order valence-corrected chi connectivity index (χ1v) is 9.65. The Bertz CT molecular complexity index is 857. The van der Waals surface area contributed by atoms with E-state index in [-0.39, 0.29) is 35.8 Å². The zero-order valence-corrected chi connectivity index (χ0v) is 16.6. The number of anilines is 1. The molecule has 2 heterocycles. The number of benzene rings is 1. The van der Waals surface area contributed by atoms with Crippen molar-refractivity contribution in [3.63, 3.8) is 0 Å². The van der Waals surface area contributed by atoms with Gasteiger partial charge in [0.2, 0.25) is 17.7 Å². The summed E-state index contributed by atoms with van der Waals surface area (Å²) in [6.07, 6.45) is 3.47. The van der Waals surface area contributed by atoms with Crippen molar-refractivity contribution in [2.75, 3.05) is 31.5 Å². The van der Waals surface area contributed by atoms with E-state index >= 15 is 0 Å². The van der Waals surface area contributed by atoms with Gasteiger partial charge in [-0.05, 0) is 31.0 Å². The molecule has 1 aromatic carbocycles. The molecule has 0 atom stereocenters. The van der Waals surface area contributed by atoms with Crippen LogP contribution in [0.1, 0.15) is 12.8 Å². The van der Waals surface area contributed by atoms with Crippen molar-refractivity contribution >= 4 is 40.7 Å². The molecule has 1 aromatic heterocycles. The molecule has 1 saturated heterocycles. The molecule has 3 rings (SSSR count). The van der Waals surface area contributed by atoms with Crippen molar-refractivity contribution in [1.29, 1.82) is 0 Å². The first-order valence-electron chi connectivity index (χ1n) is 8.89. The number of halogens is 2. The van der Waals surface area contributed by atoms with Crippen LogP contribution in [0.4, 0.5) is 5.69 Å². The van der Waals surface area contributed by atoms with Crippen molar-refractivity contribution < 1.29 is 14.3 Å². The first-order chi connectivity index (χ1) is 13.5. The Morgan fingerprint density at radius 3 is 2.64 bits per heavy atom. The van der Waals surface area contributed by atoms with Gasteiger partial charge in [-0.2, -0.15) is 0 Å². The minimum absolute atomic E-state index is 0.00294. The number of nitrogens with zero attached hydrogens (tertiary/aromatic N) is 2. The summed E-state index contributed by atoms with van der Waals surface area (Å²) in [6, 6.07) is 8.62. The maximum atomic E-state index is 12.1. The highest BCUT2D eigenvalue weighted by Gasteiger charge is 2.18. The lowest BCUT2D eigenvalue weighted by molar-refractivity contribution is -0.131. The minimum Gasteiger partial charge on any atom is -0.435 e. The maximum Gasteiger partial charge on any atom is 0.241 e. The molecule has 148 valence electrons. The van der Waals surface area contributed by atoms with E-state index in [0.29, 0.717) is 16.5 Å². The second-order valence-electron chi connectivity index (χ2n) is 6.26. The predicted octanol–water partition coefficient (Wildman–Crippen LogP) is 3.33. The van der Waals surface area contributed by atoms with E-state index in [0.717, 1.165) is 25.9 Å². The highest BCUT2D eigenvalue weighted by Crippen LogP contribution is 2.33. The molecule has 0 spiro atoms. The molecule has 2 aromatic rings. The van der Waals surface area contributed by atoms with Gasteiger partial charge in [0.05, 0.1) is 23.8 Å². The standard InChI is InChI=1S/C19H20Cl2N4O3/c20-13-9-14(21)19(24-10-13)28-16-6-2-1-5-15(16)22-11-17(26)23-12-18(27)25-7-3-4-8-25/h1-2,5-6,9-10,22H,3-4,7-8,11-12H2,(H,23,26). The fourth-order valence-electron chi connectivity index (χ4n) is 2.77. The van der Waals surface area contributed by atoms with Crippen LogP contribution in [0.5, 0.6) is 11.6 Å². The quantitative estimate of drug-likeness (QED) is 0.714. The molecule has 0 aliphatic carbocycles. The van der Waals surface area contributed by atoms with E-state index in [2.05, 4.69) is 15.6 Å². The van der Waals surface area contributed by atoms with Crippen molar-refractivity contribution in [2.45, 2.75) is 12.8 Å². The topological polar surface area (TPSA) is 83.6 Å². The zero-order valence-electron chi connectivity index (χ0n) is 15.1. The van der Waals surface area contributed by atoms with Crippen molar-refractivity contribution in [1.82, 2.24) is 15.2 Å². The fourth-order valence-corrected chi connectivity index (χ4v) is 3.19. The Balaban J connectivity index is 1.54. The molecule has 2 N–H and O–H groups in total. The fraction of sp³-hybridized carbons (Fsp3) is 0.316. The average molecular weight is 423 g/mol. The van der Waals surface area contributed by atoms with Crippen LogP contribution in [0.25, 0.3) is 0 Å². The molecular formula is C19H20Cl2N4O3. The Morgan fingerprint density at radius 1 is 1.14 bits per heavy atom.